The third-order valence-corrected chi connectivity index (χ3v) is 2.44. The number of benzene rings is 2. The van der Waals surface area contributed by atoms with Crippen molar-refractivity contribution in [2.24, 2.45) is 0 Å². The van der Waals surface area contributed by atoms with Gasteiger partial charge in [-0.2, -0.15) is 0 Å². The van der Waals surface area contributed by atoms with Crippen LogP contribution in [0.4, 0.5) is 0 Å². The third-order valence-electron chi connectivity index (χ3n) is 2.08. The highest BCUT2D eigenvalue weighted by atomic mass is 35.5. The summed E-state index contributed by atoms with van der Waals surface area (Å²) in [6.45, 7) is 0. The highest BCUT2D eigenvalue weighted by molar-refractivity contribution is 6.35. The van der Waals surface area contributed by atoms with Gasteiger partial charge in [-0.3, -0.25) is 0 Å². The molecule has 0 saturated carbocycles. The first kappa shape index (κ1) is 8.97. The minimum Gasteiger partial charge on any atom is -0.506 e. The number of phenols is 3. The quantitative estimate of drug-likeness (QED) is 0.463. The van der Waals surface area contributed by atoms with E-state index in [4.69, 9.17) is 11.6 Å². The largest absolute Gasteiger partial charge is 0.506 e. The van der Waals surface area contributed by atoms with Gasteiger partial charge in [-0.25, -0.2) is 0 Å². The molecule has 14 heavy (non-hydrogen) atoms. The molecular weight excluding hydrogens is 204 g/mol. The summed E-state index contributed by atoms with van der Waals surface area (Å²) in [6.07, 6.45) is 0. The first-order valence-corrected chi connectivity index (χ1v) is 4.32. The molecule has 0 amide bonds. The van der Waals surface area contributed by atoms with E-state index in [1.54, 1.807) is 24.3 Å². The third kappa shape index (κ3) is 1.06. The molecule has 0 unspecified atom stereocenters. The maximum Gasteiger partial charge on any atom is 0.181 e. The molecule has 3 nitrogen and oxygen atoms in total. The molecule has 0 atom stereocenters. The van der Waals surface area contributed by atoms with Crippen molar-refractivity contribution in [3.8, 4) is 17.2 Å². The average molecular weight is 211 g/mol. The highest BCUT2D eigenvalue weighted by Gasteiger charge is 2.15. The van der Waals surface area contributed by atoms with Crippen LogP contribution in [-0.2, 0) is 0 Å². The van der Waals surface area contributed by atoms with Gasteiger partial charge < -0.3 is 15.3 Å². The predicted molar refractivity (Wildman–Crippen MR) is 54.0 cm³/mol. The van der Waals surface area contributed by atoms with E-state index in [1.165, 1.54) is 0 Å². The zero-order chi connectivity index (χ0) is 10.3. The Labute approximate surface area is 84.8 Å². The van der Waals surface area contributed by atoms with Crippen molar-refractivity contribution in [3.05, 3.63) is 29.3 Å². The lowest BCUT2D eigenvalue weighted by molar-refractivity contribution is 0.402. The summed E-state index contributed by atoms with van der Waals surface area (Å²) in [7, 11) is 0. The lowest BCUT2D eigenvalue weighted by Gasteiger charge is -2.07. The normalized spacial score (nSPS) is 10.6. The van der Waals surface area contributed by atoms with Gasteiger partial charge in [-0.15, -0.1) is 0 Å². The SMILES string of the molecule is Oc1c(Cl)c(O)c2ccccc2c1O. The molecule has 2 aromatic carbocycles. The zero-order valence-corrected chi connectivity index (χ0v) is 7.78. The Balaban J connectivity index is 3.02. The lowest BCUT2D eigenvalue weighted by atomic mass is 10.1. The van der Waals surface area contributed by atoms with Gasteiger partial charge in [0.05, 0.1) is 0 Å². The van der Waals surface area contributed by atoms with Crippen LogP contribution in [0.1, 0.15) is 0 Å². The van der Waals surface area contributed by atoms with Crippen LogP contribution in [0.2, 0.25) is 5.02 Å². The van der Waals surface area contributed by atoms with Crippen LogP contribution in [0.15, 0.2) is 24.3 Å². The van der Waals surface area contributed by atoms with E-state index in [0.717, 1.165) is 0 Å². The number of phenolic OH excluding ortho intramolecular Hbond substituents is 3. The highest BCUT2D eigenvalue weighted by Crippen LogP contribution is 2.46. The van der Waals surface area contributed by atoms with Crippen LogP contribution in [0.5, 0.6) is 17.2 Å². The van der Waals surface area contributed by atoms with Crippen molar-refractivity contribution in [2.75, 3.05) is 0 Å². The van der Waals surface area contributed by atoms with Gasteiger partial charge in [0.15, 0.2) is 11.5 Å². The second-order valence-corrected chi connectivity index (χ2v) is 3.28. The Bertz CT molecular complexity index is 462. The molecule has 0 fully saturated rings. The van der Waals surface area contributed by atoms with E-state index in [0.29, 0.717) is 10.8 Å². The maximum atomic E-state index is 9.56. The number of rotatable bonds is 0. The average Bonchev–Trinajstić information content (AvgIpc) is 2.23. The molecule has 3 N–H and O–H groups in total. The van der Waals surface area contributed by atoms with Crippen LogP contribution in [0, 0.1) is 0 Å². The Kier molecular flexibility index (Phi) is 1.89. The molecule has 0 aliphatic rings. The van der Waals surface area contributed by atoms with E-state index in [1.807, 2.05) is 0 Å². The minimum atomic E-state index is -0.497. The Hall–Kier alpha value is -1.61. The van der Waals surface area contributed by atoms with Gasteiger partial charge in [0.2, 0.25) is 0 Å². The van der Waals surface area contributed by atoms with Gasteiger partial charge in [-0.1, -0.05) is 35.9 Å². The summed E-state index contributed by atoms with van der Waals surface area (Å²) in [5.41, 5.74) is 0. The molecule has 2 aromatic rings. The van der Waals surface area contributed by atoms with E-state index >= 15 is 0 Å². The molecule has 0 aliphatic carbocycles. The summed E-state index contributed by atoms with van der Waals surface area (Å²) >= 11 is 5.60. The first-order valence-electron chi connectivity index (χ1n) is 3.94. The van der Waals surface area contributed by atoms with Crippen molar-refractivity contribution in [2.45, 2.75) is 0 Å². The summed E-state index contributed by atoms with van der Waals surface area (Å²) in [5.74, 6) is -1.04. The fraction of sp³-hybridized carbons (Fsp3) is 0. The number of halogens is 1. The number of fused-ring (bicyclic) bond motifs is 1. The van der Waals surface area contributed by atoms with Crippen LogP contribution >= 0.6 is 11.6 Å². The molecular formula is C10H7ClO3. The van der Waals surface area contributed by atoms with Gasteiger partial charge >= 0.3 is 0 Å². The van der Waals surface area contributed by atoms with E-state index in [2.05, 4.69) is 0 Å². The van der Waals surface area contributed by atoms with E-state index < -0.39 is 5.75 Å². The molecule has 4 heteroatoms. The predicted octanol–water partition coefficient (Wildman–Crippen LogP) is 2.61. The minimum absolute atomic E-state index is 0.224. The summed E-state index contributed by atoms with van der Waals surface area (Å²) < 4.78 is 0. The van der Waals surface area contributed by atoms with E-state index in [-0.39, 0.29) is 16.5 Å². The fourth-order valence-electron chi connectivity index (χ4n) is 1.36. The van der Waals surface area contributed by atoms with Crippen molar-refractivity contribution in [1.29, 1.82) is 0 Å². The van der Waals surface area contributed by atoms with E-state index in [9.17, 15) is 15.3 Å². The van der Waals surface area contributed by atoms with Crippen molar-refractivity contribution >= 4 is 22.4 Å². The summed E-state index contributed by atoms with van der Waals surface area (Å²) in [5, 5.41) is 29.0. The molecule has 0 radical (unpaired) electrons. The Morgan fingerprint density at radius 3 is 1.86 bits per heavy atom. The molecule has 2 rings (SSSR count). The Morgan fingerprint density at radius 2 is 1.29 bits per heavy atom. The molecule has 0 bridgehead atoms. The lowest BCUT2D eigenvalue weighted by Crippen LogP contribution is -1.79. The number of hydrogen-bond donors (Lipinski definition) is 3. The van der Waals surface area contributed by atoms with Crippen LogP contribution in [0.3, 0.4) is 0 Å². The van der Waals surface area contributed by atoms with Gasteiger partial charge in [0, 0.05) is 10.8 Å². The number of aromatic hydroxyl groups is 3. The van der Waals surface area contributed by atoms with Gasteiger partial charge in [0.25, 0.3) is 0 Å². The zero-order valence-electron chi connectivity index (χ0n) is 7.03. The van der Waals surface area contributed by atoms with Crippen molar-refractivity contribution < 1.29 is 15.3 Å². The van der Waals surface area contributed by atoms with Crippen LogP contribution in [-0.4, -0.2) is 15.3 Å². The molecule has 0 aliphatic heterocycles. The summed E-state index contributed by atoms with van der Waals surface area (Å²) in [4.78, 5) is 0. The maximum absolute atomic E-state index is 9.56. The number of hydrogen-bond acceptors (Lipinski definition) is 3. The fourth-order valence-corrected chi connectivity index (χ4v) is 1.55. The molecule has 0 aromatic heterocycles. The molecule has 0 heterocycles. The van der Waals surface area contributed by atoms with Crippen molar-refractivity contribution in [1.82, 2.24) is 0 Å². The standard InChI is InChI=1S/C10H7ClO3/c11-7-8(12)5-3-1-2-4-6(5)9(13)10(7)14/h1-4,12-14H. The van der Waals surface area contributed by atoms with Gasteiger partial charge in [0.1, 0.15) is 10.8 Å². The molecule has 72 valence electrons. The Morgan fingerprint density at radius 1 is 0.786 bits per heavy atom. The first-order chi connectivity index (χ1) is 6.63. The smallest absolute Gasteiger partial charge is 0.181 e. The van der Waals surface area contributed by atoms with Crippen molar-refractivity contribution in [3.63, 3.8) is 0 Å². The van der Waals surface area contributed by atoms with Gasteiger partial charge in [-0.05, 0) is 0 Å². The molecule has 0 saturated heterocycles. The van der Waals surface area contributed by atoms with Crippen LogP contribution < -0.4 is 0 Å². The van der Waals surface area contributed by atoms with Crippen LogP contribution in [0.25, 0.3) is 10.8 Å². The second-order valence-electron chi connectivity index (χ2n) is 2.91. The molecule has 0 spiro atoms. The second kappa shape index (κ2) is 2.96. The summed E-state index contributed by atoms with van der Waals surface area (Å²) in [6, 6.07) is 6.58. The topological polar surface area (TPSA) is 60.7 Å². The monoisotopic (exact) mass is 210 g/mol.